The molecule has 0 spiro atoms. The van der Waals surface area contributed by atoms with Crippen LogP contribution in [0.1, 0.15) is 31.0 Å². The summed E-state index contributed by atoms with van der Waals surface area (Å²) in [7, 11) is 0. The van der Waals surface area contributed by atoms with Gasteiger partial charge in [-0.2, -0.15) is 0 Å². The summed E-state index contributed by atoms with van der Waals surface area (Å²) in [5, 5.41) is 2.89. The molecule has 0 radical (unpaired) electrons. The number of hydrogen-bond acceptors (Lipinski definition) is 2. The van der Waals surface area contributed by atoms with E-state index in [4.69, 9.17) is 4.74 Å². The Morgan fingerprint density at radius 2 is 2.18 bits per heavy atom. The van der Waals surface area contributed by atoms with Gasteiger partial charge in [-0.1, -0.05) is 41.9 Å². The molecule has 0 saturated carbocycles. The van der Waals surface area contributed by atoms with Gasteiger partial charge in [0.1, 0.15) is 6.61 Å². The first-order valence-electron chi connectivity index (χ1n) is 5.59. The number of hydrogen-bond donors (Lipinski definition) is 1. The fourth-order valence-electron chi connectivity index (χ4n) is 2.01. The fraction of sp³-hybridized carbons (Fsp3) is 0.462. The molecule has 17 heavy (non-hydrogen) atoms. The summed E-state index contributed by atoms with van der Waals surface area (Å²) in [5.41, 5.74) is 2.18. The summed E-state index contributed by atoms with van der Waals surface area (Å²) >= 11 is 3.52. The molecule has 1 N–H and O–H groups in total. The number of halogens is 1. The van der Waals surface area contributed by atoms with Gasteiger partial charge in [-0.05, 0) is 24.1 Å². The van der Waals surface area contributed by atoms with Gasteiger partial charge in [-0.25, -0.2) is 4.79 Å². The van der Waals surface area contributed by atoms with Crippen LogP contribution in [0.2, 0.25) is 0 Å². The van der Waals surface area contributed by atoms with Crippen molar-refractivity contribution in [3.05, 3.63) is 33.8 Å². The molecule has 2 rings (SSSR count). The van der Waals surface area contributed by atoms with E-state index in [1.165, 1.54) is 5.56 Å². The molecule has 1 amide bonds. The highest BCUT2D eigenvalue weighted by atomic mass is 79.9. The molecule has 1 saturated heterocycles. The summed E-state index contributed by atoms with van der Waals surface area (Å²) in [6.07, 6.45) is -0.342. The molecule has 3 nitrogen and oxygen atoms in total. The van der Waals surface area contributed by atoms with Crippen molar-refractivity contribution in [1.82, 2.24) is 5.32 Å². The molecule has 1 aliphatic rings. The van der Waals surface area contributed by atoms with E-state index >= 15 is 0 Å². The predicted octanol–water partition coefficient (Wildman–Crippen LogP) is 3.56. The van der Waals surface area contributed by atoms with Gasteiger partial charge in [0, 0.05) is 9.89 Å². The second kappa shape index (κ2) is 4.33. The van der Waals surface area contributed by atoms with Crippen LogP contribution >= 0.6 is 15.9 Å². The zero-order valence-electron chi connectivity index (χ0n) is 10.2. The first-order chi connectivity index (χ1) is 7.90. The smallest absolute Gasteiger partial charge is 0.407 e. The molecule has 0 aromatic heterocycles. The lowest BCUT2D eigenvalue weighted by atomic mass is 9.80. The minimum absolute atomic E-state index is 0.0133. The third kappa shape index (κ3) is 2.46. The second-order valence-electron chi connectivity index (χ2n) is 5.15. The molecule has 1 atom stereocenters. The average molecular weight is 298 g/mol. The molecule has 1 fully saturated rings. The zero-order valence-corrected chi connectivity index (χ0v) is 11.8. The quantitative estimate of drug-likeness (QED) is 0.861. The molecule has 1 aromatic rings. The second-order valence-corrected chi connectivity index (χ2v) is 6.01. The third-order valence-corrected chi connectivity index (χ3v) is 4.00. The van der Waals surface area contributed by atoms with Gasteiger partial charge < -0.3 is 10.1 Å². The number of amides is 1. The van der Waals surface area contributed by atoms with Crippen LogP contribution < -0.4 is 5.32 Å². The Morgan fingerprint density at radius 1 is 1.47 bits per heavy atom. The molecule has 1 aromatic carbocycles. The molecule has 4 heteroatoms. The highest BCUT2D eigenvalue weighted by molar-refractivity contribution is 9.10. The van der Waals surface area contributed by atoms with Gasteiger partial charge in [-0.3, -0.25) is 0 Å². The lowest BCUT2D eigenvalue weighted by molar-refractivity contribution is 0.0387. The van der Waals surface area contributed by atoms with Crippen molar-refractivity contribution in [3.63, 3.8) is 0 Å². The summed E-state index contributed by atoms with van der Waals surface area (Å²) < 4.78 is 6.10. The Kier molecular flexibility index (Phi) is 3.17. The maximum absolute atomic E-state index is 11.3. The standard InChI is InChI=1S/C13H16BrNO2/c1-8-4-5-9(6-10(8)14)11-13(2,3)7-17-12(16)15-11/h4-6,11H,7H2,1-3H3,(H,15,16)/t11-/m1/s1. The van der Waals surface area contributed by atoms with Gasteiger partial charge in [0.2, 0.25) is 0 Å². The van der Waals surface area contributed by atoms with Crippen LogP contribution in [-0.4, -0.2) is 12.7 Å². The number of alkyl carbamates (subject to hydrolysis) is 1. The van der Waals surface area contributed by atoms with Crippen molar-refractivity contribution in [2.75, 3.05) is 6.61 Å². The Hall–Kier alpha value is -1.03. The van der Waals surface area contributed by atoms with E-state index in [0.717, 1.165) is 10.0 Å². The van der Waals surface area contributed by atoms with Gasteiger partial charge in [-0.15, -0.1) is 0 Å². The number of rotatable bonds is 1. The van der Waals surface area contributed by atoms with E-state index in [-0.39, 0.29) is 17.6 Å². The van der Waals surface area contributed by atoms with Crippen molar-refractivity contribution in [2.24, 2.45) is 5.41 Å². The topological polar surface area (TPSA) is 38.3 Å². The van der Waals surface area contributed by atoms with E-state index in [0.29, 0.717) is 6.61 Å². The molecular formula is C13H16BrNO2. The van der Waals surface area contributed by atoms with Gasteiger partial charge >= 0.3 is 6.09 Å². The molecule has 0 aliphatic carbocycles. The van der Waals surface area contributed by atoms with Crippen LogP contribution in [0, 0.1) is 12.3 Å². The summed E-state index contributed by atoms with van der Waals surface area (Å²) in [4.78, 5) is 11.3. The average Bonchev–Trinajstić information content (AvgIpc) is 2.26. The minimum Gasteiger partial charge on any atom is -0.449 e. The van der Waals surface area contributed by atoms with Gasteiger partial charge in [0.15, 0.2) is 0 Å². The lowest BCUT2D eigenvalue weighted by Crippen LogP contribution is -2.46. The summed E-state index contributed by atoms with van der Waals surface area (Å²) in [6.45, 7) is 6.66. The molecule has 0 bridgehead atoms. The Labute approximate surface area is 110 Å². The first kappa shape index (κ1) is 12.4. The molecule has 92 valence electrons. The van der Waals surface area contributed by atoms with Gasteiger partial charge in [0.05, 0.1) is 6.04 Å². The van der Waals surface area contributed by atoms with Crippen LogP contribution in [0.3, 0.4) is 0 Å². The third-order valence-electron chi connectivity index (χ3n) is 3.15. The molecular weight excluding hydrogens is 282 g/mol. The van der Waals surface area contributed by atoms with E-state index in [2.05, 4.69) is 53.3 Å². The number of carbonyl (C=O) groups is 1. The highest BCUT2D eigenvalue weighted by Crippen LogP contribution is 2.37. The van der Waals surface area contributed by atoms with Crippen LogP contribution in [0.4, 0.5) is 4.79 Å². The largest absolute Gasteiger partial charge is 0.449 e. The van der Waals surface area contributed by atoms with Crippen molar-refractivity contribution < 1.29 is 9.53 Å². The fourth-order valence-corrected chi connectivity index (χ4v) is 2.41. The van der Waals surface area contributed by atoms with Crippen molar-refractivity contribution >= 4 is 22.0 Å². The Bertz CT molecular complexity index is 457. The maximum Gasteiger partial charge on any atom is 0.407 e. The lowest BCUT2D eigenvalue weighted by Gasteiger charge is -2.38. The number of benzene rings is 1. The van der Waals surface area contributed by atoms with Crippen molar-refractivity contribution in [1.29, 1.82) is 0 Å². The minimum atomic E-state index is -0.342. The molecule has 1 aliphatic heterocycles. The van der Waals surface area contributed by atoms with Crippen LogP contribution in [0.5, 0.6) is 0 Å². The Balaban J connectivity index is 2.36. The monoisotopic (exact) mass is 297 g/mol. The van der Waals surface area contributed by atoms with Crippen LogP contribution in [0.25, 0.3) is 0 Å². The SMILES string of the molecule is Cc1ccc([C@H]2NC(=O)OCC2(C)C)cc1Br. The number of nitrogens with one attached hydrogen (secondary N) is 1. The van der Waals surface area contributed by atoms with Crippen molar-refractivity contribution in [3.8, 4) is 0 Å². The summed E-state index contributed by atoms with van der Waals surface area (Å²) in [5.74, 6) is 0. The number of ether oxygens (including phenoxy) is 1. The van der Waals surface area contributed by atoms with Crippen molar-refractivity contribution in [2.45, 2.75) is 26.8 Å². The Morgan fingerprint density at radius 3 is 2.82 bits per heavy atom. The molecule has 0 unspecified atom stereocenters. The highest BCUT2D eigenvalue weighted by Gasteiger charge is 2.37. The van der Waals surface area contributed by atoms with Crippen LogP contribution in [0.15, 0.2) is 22.7 Å². The zero-order chi connectivity index (χ0) is 12.6. The normalized spacial score (nSPS) is 22.8. The predicted molar refractivity (Wildman–Crippen MR) is 69.9 cm³/mol. The maximum atomic E-state index is 11.3. The molecule has 1 heterocycles. The number of aryl methyl sites for hydroxylation is 1. The van der Waals surface area contributed by atoms with Gasteiger partial charge in [0.25, 0.3) is 0 Å². The number of carbonyl (C=O) groups excluding carboxylic acids is 1. The first-order valence-corrected chi connectivity index (χ1v) is 6.39. The van der Waals surface area contributed by atoms with E-state index in [1.54, 1.807) is 0 Å². The van der Waals surface area contributed by atoms with Crippen LogP contribution in [-0.2, 0) is 4.74 Å². The van der Waals surface area contributed by atoms with E-state index < -0.39 is 0 Å². The van der Waals surface area contributed by atoms with E-state index in [1.807, 2.05) is 6.92 Å². The van der Waals surface area contributed by atoms with E-state index in [9.17, 15) is 4.79 Å². The summed E-state index contributed by atoms with van der Waals surface area (Å²) in [6, 6.07) is 6.16. The number of cyclic esters (lactones) is 1.